The van der Waals surface area contributed by atoms with E-state index in [1.807, 2.05) is 0 Å². The second kappa shape index (κ2) is 5.41. The molecule has 0 unspecified atom stereocenters. The topological polar surface area (TPSA) is 68.2 Å². The van der Waals surface area contributed by atoms with Gasteiger partial charge in [0.15, 0.2) is 5.82 Å². The molecule has 1 aromatic heterocycles. The Kier molecular flexibility index (Phi) is 3.90. The van der Waals surface area contributed by atoms with Crippen molar-refractivity contribution in [3.8, 4) is 0 Å². The molecule has 0 atom stereocenters. The molecule has 2 rings (SSSR count). The predicted molar refractivity (Wildman–Crippen MR) is 60.5 cm³/mol. The van der Waals surface area contributed by atoms with Gasteiger partial charge in [-0.2, -0.15) is 4.98 Å². The van der Waals surface area contributed by atoms with E-state index in [0.717, 1.165) is 12.4 Å². The van der Waals surface area contributed by atoms with E-state index in [-0.39, 0.29) is 0 Å². The highest BCUT2D eigenvalue weighted by atomic mass is 16.5. The van der Waals surface area contributed by atoms with Crippen LogP contribution in [0.25, 0.3) is 0 Å². The fourth-order valence-corrected chi connectivity index (χ4v) is 2.31. The Bertz CT molecular complexity index is 320. The summed E-state index contributed by atoms with van der Waals surface area (Å²) in [6.07, 6.45) is 6.64. The molecule has 0 spiro atoms. The van der Waals surface area contributed by atoms with Crippen molar-refractivity contribution in [2.24, 2.45) is 5.73 Å². The lowest BCUT2D eigenvalue weighted by Crippen LogP contribution is -2.33. The highest BCUT2D eigenvalue weighted by molar-refractivity contribution is 4.87. The normalized spacial score (nSPS) is 18.2. The molecular weight excluding hydrogens is 204 g/mol. The summed E-state index contributed by atoms with van der Waals surface area (Å²) >= 11 is 0. The van der Waals surface area contributed by atoms with E-state index in [1.165, 1.54) is 32.1 Å². The van der Waals surface area contributed by atoms with E-state index in [4.69, 9.17) is 10.3 Å². The number of aromatic nitrogens is 2. The zero-order valence-corrected chi connectivity index (χ0v) is 9.85. The summed E-state index contributed by atoms with van der Waals surface area (Å²) in [6, 6.07) is 0.675. The van der Waals surface area contributed by atoms with Gasteiger partial charge in [-0.3, -0.25) is 4.90 Å². The summed E-state index contributed by atoms with van der Waals surface area (Å²) in [5.74, 6) is 1.26. The van der Waals surface area contributed by atoms with Crippen LogP contribution in [0.4, 0.5) is 0 Å². The molecule has 1 saturated carbocycles. The van der Waals surface area contributed by atoms with Gasteiger partial charge in [-0.25, -0.2) is 0 Å². The SMILES string of the molecule is CN(Cc1noc(CN)n1)C1CCCCC1. The molecule has 1 fully saturated rings. The van der Waals surface area contributed by atoms with Gasteiger partial charge in [-0.15, -0.1) is 0 Å². The first kappa shape index (κ1) is 11.5. The predicted octanol–water partition coefficient (Wildman–Crippen LogP) is 1.29. The molecule has 1 aliphatic carbocycles. The molecule has 0 aliphatic heterocycles. The molecule has 0 aromatic carbocycles. The van der Waals surface area contributed by atoms with Gasteiger partial charge in [0, 0.05) is 6.04 Å². The van der Waals surface area contributed by atoms with Gasteiger partial charge in [0.25, 0.3) is 0 Å². The van der Waals surface area contributed by atoms with Gasteiger partial charge < -0.3 is 10.3 Å². The van der Waals surface area contributed by atoms with Crippen LogP contribution in [0.5, 0.6) is 0 Å². The van der Waals surface area contributed by atoms with Gasteiger partial charge in [0.05, 0.1) is 13.1 Å². The van der Waals surface area contributed by atoms with E-state index in [0.29, 0.717) is 18.5 Å². The fraction of sp³-hybridized carbons (Fsp3) is 0.818. The van der Waals surface area contributed by atoms with Crippen LogP contribution in [0, 0.1) is 0 Å². The van der Waals surface area contributed by atoms with Crippen molar-refractivity contribution in [2.45, 2.75) is 51.2 Å². The highest BCUT2D eigenvalue weighted by Crippen LogP contribution is 2.22. The minimum absolute atomic E-state index is 0.320. The number of rotatable bonds is 4. The minimum atomic E-state index is 0.320. The van der Waals surface area contributed by atoms with Crippen LogP contribution >= 0.6 is 0 Å². The Hall–Kier alpha value is -0.940. The van der Waals surface area contributed by atoms with Crippen LogP contribution in [-0.4, -0.2) is 28.1 Å². The molecule has 0 radical (unpaired) electrons. The molecule has 1 aromatic rings. The van der Waals surface area contributed by atoms with Crippen LogP contribution in [0.1, 0.15) is 43.8 Å². The quantitative estimate of drug-likeness (QED) is 0.834. The lowest BCUT2D eigenvalue weighted by atomic mass is 9.94. The maximum absolute atomic E-state index is 5.43. The van der Waals surface area contributed by atoms with Crippen molar-refractivity contribution in [3.05, 3.63) is 11.7 Å². The second-order valence-electron chi connectivity index (χ2n) is 4.52. The summed E-state index contributed by atoms with van der Waals surface area (Å²) in [5.41, 5.74) is 5.43. The summed E-state index contributed by atoms with van der Waals surface area (Å²) in [7, 11) is 2.13. The Morgan fingerprint density at radius 3 is 2.75 bits per heavy atom. The number of hydrogen-bond acceptors (Lipinski definition) is 5. The maximum atomic E-state index is 5.43. The van der Waals surface area contributed by atoms with Crippen molar-refractivity contribution in [1.29, 1.82) is 0 Å². The van der Waals surface area contributed by atoms with Crippen molar-refractivity contribution in [1.82, 2.24) is 15.0 Å². The number of nitrogens with zero attached hydrogens (tertiary/aromatic N) is 3. The second-order valence-corrected chi connectivity index (χ2v) is 4.52. The van der Waals surface area contributed by atoms with Crippen molar-refractivity contribution in [3.63, 3.8) is 0 Å². The average molecular weight is 224 g/mol. The largest absolute Gasteiger partial charge is 0.338 e. The monoisotopic (exact) mass is 224 g/mol. The molecule has 0 bridgehead atoms. The van der Waals surface area contributed by atoms with Gasteiger partial charge in [-0.1, -0.05) is 24.4 Å². The summed E-state index contributed by atoms with van der Waals surface area (Å²) in [4.78, 5) is 6.54. The molecule has 0 saturated heterocycles. The summed E-state index contributed by atoms with van der Waals surface area (Å²) < 4.78 is 4.99. The first-order chi connectivity index (χ1) is 7.79. The molecule has 90 valence electrons. The molecular formula is C11H20N4O. The molecule has 5 nitrogen and oxygen atoms in total. The van der Waals surface area contributed by atoms with E-state index in [2.05, 4.69) is 22.1 Å². The van der Waals surface area contributed by atoms with Crippen molar-refractivity contribution in [2.75, 3.05) is 7.05 Å². The lowest BCUT2D eigenvalue weighted by Gasteiger charge is -2.30. The Morgan fingerprint density at radius 1 is 1.38 bits per heavy atom. The highest BCUT2D eigenvalue weighted by Gasteiger charge is 2.19. The standard InChI is InChI=1S/C11H20N4O/c1-15(9-5-3-2-4-6-9)8-10-13-11(7-12)16-14-10/h9H,2-8,12H2,1H3. The zero-order valence-electron chi connectivity index (χ0n) is 9.85. The molecule has 16 heavy (non-hydrogen) atoms. The first-order valence-electron chi connectivity index (χ1n) is 6.01. The number of hydrogen-bond donors (Lipinski definition) is 1. The van der Waals surface area contributed by atoms with Crippen LogP contribution < -0.4 is 5.73 Å². The Balaban J connectivity index is 1.87. The minimum Gasteiger partial charge on any atom is -0.338 e. The third-order valence-electron chi connectivity index (χ3n) is 3.27. The van der Waals surface area contributed by atoms with E-state index >= 15 is 0 Å². The molecule has 0 amide bonds. The molecule has 1 aliphatic rings. The third kappa shape index (κ3) is 2.80. The molecule has 5 heteroatoms. The zero-order chi connectivity index (χ0) is 11.4. The summed E-state index contributed by atoms with van der Waals surface area (Å²) in [6.45, 7) is 1.08. The van der Waals surface area contributed by atoms with Gasteiger partial charge >= 0.3 is 0 Å². The van der Waals surface area contributed by atoms with E-state index in [1.54, 1.807) is 0 Å². The summed E-state index contributed by atoms with van der Waals surface area (Å²) in [5, 5.41) is 3.91. The van der Waals surface area contributed by atoms with Crippen LogP contribution in [0.15, 0.2) is 4.52 Å². The lowest BCUT2D eigenvalue weighted by molar-refractivity contribution is 0.179. The smallest absolute Gasteiger partial charge is 0.240 e. The first-order valence-corrected chi connectivity index (χ1v) is 6.01. The van der Waals surface area contributed by atoms with E-state index in [9.17, 15) is 0 Å². The van der Waals surface area contributed by atoms with Crippen LogP contribution in [0.2, 0.25) is 0 Å². The van der Waals surface area contributed by atoms with Crippen LogP contribution in [-0.2, 0) is 13.1 Å². The van der Waals surface area contributed by atoms with E-state index < -0.39 is 0 Å². The van der Waals surface area contributed by atoms with Crippen molar-refractivity contribution < 1.29 is 4.52 Å². The average Bonchev–Trinajstić information content (AvgIpc) is 2.78. The van der Waals surface area contributed by atoms with Crippen LogP contribution in [0.3, 0.4) is 0 Å². The van der Waals surface area contributed by atoms with Gasteiger partial charge in [-0.05, 0) is 19.9 Å². The third-order valence-corrected chi connectivity index (χ3v) is 3.27. The Morgan fingerprint density at radius 2 is 2.12 bits per heavy atom. The Labute approximate surface area is 96.0 Å². The molecule has 2 N–H and O–H groups in total. The number of nitrogens with two attached hydrogens (primary N) is 1. The molecule has 1 heterocycles. The fourth-order valence-electron chi connectivity index (χ4n) is 2.31. The van der Waals surface area contributed by atoms with Gasteiger partial charge in [0.1, 0.15) is 0 Å². The van der Waals surface area contributed by atoms with Gasteiger partial charge in [0.2, 0.25) is 5.89 Å². The maximum Gasteiger partial charge on any atom is 0.240 e. The van der Waals surface area contributed by atoms with Crippen molar-refractivity contribution >= 4 is 0 Å².